The van der Waals surface area contributed by atoms with Crippen LogP contribution in [0.25, 0.3) is 0 Å². The average molecular weight is 474 g/mol. The molecule has 8 nitrogen and oxygen atoms in total. The van der Waals surface area contributed by atoms with Crippen LogP contribution < -0.4 is 14.6 Å². The van der Waals surface area contributed by atoms with Crippen LogP contribution in [0.2, 0.25) is 5.02 Å². The van der Waals surface area contributed by atoms with Gasteiger partial charge in [0, 0.05) is 11.6 Å². The fourth-order valence-corrected chi connectivity index (χ4v) is 5.89. The number of likely N-dealkylation sites (N-methyl/N-ethyl adjacent to an activating group) is 1. The molecule has 0 fully saturated rings. The number of nitrogens with one attached hydrogen (secondary N) is 1. The van der Waals surface area contributed by atoms with Gasteiger partial charge in [-0.15, -0.1) is 0 Å². The predicted molar refractivity (Wildman–Crippen MR) is 116 cm³/mol. The van der Waals surface area contributed by atoms with E-state index in [9.17, 15) is 16.8 Å². The van der Waals surface area contributed by atoms with Crippen LogP contribution in [0, 0.1) is 0 Å². The number of hydrogen-bond donors (Lipinski definition) is 2. The Balaban J connectivity index is 2.02. The molecule has 1 aliphatic carbocycles. The van der Waals surface area contributed by atoms with E-state index in [4.69, 9.17) is 21.5 Å². The summed E-state index contributed by atoms with van der Waals surface area (Å²) in [4.78, 5) is 1.45. The zero-order chi connectivity index (χ0) is 22.3. The molecule has 11 heteroatoms. The second kappa shape index (κ2) is 8.35. The van der Waals surface area contributed by atoms with Crippen LogP contribution in [0.5, 0.6) is 5.75 Å². The molecule has 1 atom stereocenters. The number of rotatable bonds is 6. The van der Waals surface area contributed by atoms with Gasteiger partial charge in [0.1, 0.15) is 10.6 Å². The molecular formula is C19H24ClN3O5S2. The molecule has 3 N–H and O–H groups in total. The Morgan fingerprint density at radius 2 is 1.83 bits per heavy atom. The standard InChI is InChI=1S/C19H24ClN3O5S2/c1-23(2)12-4-6-14-15(10-12)18(28-3)9-8-17(14)22-30(26,27)13-5-7-16(20)19(11-13)29(21,24)25/h5,7-9,11-12,22H,4,6,10H2,1-3H3,(H2,21,24,25)/t12-/m0/s1. The molecule has 1 aliphatic rings. The summed E-state index contributed by atoms with van der Waals surface area (Å²) in [6.07, 6.45) is 2.28. The number of anilines is 1. The van der Waals surface area contributed by atoms with Gasteiger partial charge in [-0.05, 0) is 69.3 Å². The molecule has 0 saturated heterocycles. The van der Waals surface area contributed by atoms with Crippen molar-refractivity contribution in [3.63, 3.8) is 0 Å². The number of sulfonamides is 2. The monoisotopic (exact) mass is 473 g/mol. The molecule has 0 radical (unpaired) electrons. The summed E-state index contributed by atoms with van der Waals surface area (Å²) in [5.41, 5.74) is 2.27. The van der Waals surface area contributed by atoms with E-state index in [0.29, 0.717) is 23.9 Å². The van der Waals surface area contributed by atoms with Crippen molar-refractivity contribution in [1.29, 1.82) is 0 Å². The summed E-state index contributed by atoms with van der Waals surface area (Å²) < 4.78 is 57.4. The van der Waals surface area contributed by atoms with E-state index in [1.54, 1.807) is 19.2 Å². The van der Waals surface area contributed by atoms with Crippen molar-refractivity contribution in [2.75, 3.05) is 25.9 Å². The smallest absolute Gasteiger partial charge is 0.261 e. The first-order valence-corrected chi connectivity index (χ1v) is 12.5. The third-order valence-electron chi connectivity index (χ3n) is 5.27. The minimum absolute atomic E-state index is 0.145. The van der Waals surface area contributed by atoms with Crippen molar-refractivity contribution in [2.45, 2.75) is 35.1 Å². The number of fused-ring (bicyclic) bond motifs is 1. The minimum Gasteiger partial charge on any atom is -0.496 e. The summed E-state index contributed by atoms with van der Waals surface area (Å²) in [6.45, 7) is 0. The fraction of sp³-hybridized carbons (Fsp3) is 0.368. The molecular weight excluding hydrogens is 450 g/mol. The molecule has 0 unspecified atom stereocenters. The van der Waals surface area contributed by atoms with Gasteiger partial charge < -0.3 is 9.64 Å². The highest BCUT2D eigenvalue weighted by molar-refractivity contribution is 7.93. The number of halogens is 1. The highest BCUT2D eigenvalue weighted by atomic mass is 35.5. The largest absolute Gasteiger partial charge is 0.496 e. The van der Waals surface area contributed by atoms with Gasteiger partial charge in [0.25, 0.3) is 10.0 Å². The molecule has 2 aromatic rings. The molecule has 0 spiro atoms. The zero-order valence-electron chi connectivity index (χ0n) is 16.8. The Labute approximate surface area is 182 Å². The highest BCUT2D eigenvalue weighted by Gasteiger charge is 2.27. The third-order valence-corrected chi connectivity index (χ3v) is 8.03. The summed E-state index contributed by atoms with van der Waals surface area (Å²) in [6, 6.07) is 7.09. The van der Waals surface area contributed by atoms with Gasteiger partial charge in [-0.2, -0.15) is 0 Å². The molecule has 0 bridgehead atoms. The lowest BCUT2D eigenvalue weighted by Gasteiger charge is -2.32. The third kappa shape index (κ3) is 4.57. The van der Waals surface area contributed by atoms with Crippen LogP contribution in [0.4, 0.5) is 5.69 Å². The summed E-state index contributed by atoms with van der Waals surface area (Å²) in [7, 11) is -2.64. The van der Waals surface area contributed by atoms with Gasteiger partial charge in [0.2, 0.25) is 10.0 Å². The number of hydrogen-bond acceptors (Lipinski definition) is 6. The van der Waals surface area contributed by atoms with Crippen LogP contribution in [-0.2, 0) is 32.9 Å². The highest BCUT2D eigenvalue weighted by Crippen LogP contribution is 2.37. The lowest BCUT2D eigenvalue weighted by Crippen LogP contribution is -2.34. The Kier molecular flexibility index (Phi) is 6.35. The normalized spacial score (nSPS) is 16.9. The van der Waals surface area contributed by atoms with Gasteiger partial charge in [-0.25, -0.2) is 22.0 Å². The number of ether oxygens (including phenoxy) is 1. The van der Waals surface area contributed by atoms with Crippen LogP contribution >= 0.6 is 11.6 Å². The van der Waals surface area contributed by atoms with Gasteiger partial charge in [-0.3, -0.25) is 4.72 Å². The van der Waals surface area contributed by atoms with Crippen LogP contribution in [0.3, 0.4) is 0 Å². The Morgan fingerprint density at radius 3 is 2.43 bits per heavy atom. The lowest BCUT2D eigenvalue weighted by molar-refractivity contribution is 0.265. The van der Waals surface area contributed by atoms with Crippen LogP contribution in [0.1, 0.15) is 17.5 Å². The van der Waals surface area contributed by atoms with Gasteiger partial charge in [0.15, 0.2) is 0 Å². The van der Waals surface area contributed by atoms with Crippen molar-refractivity contribution >= 4 is 37.3 Å². The molecule has 0 aliphatic heterocycles. The first kappa shape index (κ1) is 22.8. The average Bonchev–Trinajstić information content (AvgIpc) is 2.66. The maximum Gasteiger partial charge on any atom is 0.261 e. The second-order valence-corrected chi connectivity index (χ2v) is 11.0. The van der Waals surface area contributed by atoms with E-state index in [-0.39, 0.29) is 9.92 Å². The van der Waals surface area contributed by atoms with E-state index >= 15 is 0 Å². The molecule has 0 amide bonds. The number of nitrogens with two attached hydrogens (primary N) is 1. The van der Waals surface area contributed by atoms with Crippen molar-refractivity contribution in [1.82, 2.24) is 4.90 Å². The van der Waals surface area contributed by atoms with E-state index in [0.717, 1.165) is 30.0 Å². The van der Waals surface area contributed by atoms with Crippen LogP contribution in [-0.4, -0.2) is 49.0 Å². The first-order chi connectivity index (χ1) is 13.9. The summed E-state index contributed by atoms with van der Waals surface area (Å²) in [5, 5.41) is 4.99. The van der Waals surface area contributed by atoms with Gasteiger partial charge >= 0.3 is 0 Å². The van der Waals surface area contributed by atoms with Crippen LogP contribution in [0.15, 0.2) is 40.1 Å². The maximum absolute atomic E-state index is 13.0. The van der Waals surface area contributed by atoms with Crippen molar-refractivity contribution in [2.24, 2.45) is 5.14 Å². The molecule has 0 heterocycles. The zero-order valence-corrected chi connectivity index (χ0v) is 19.2. The summed E-state index contributed by atoms with van der Waals surface area (Å²) in [5.74, 6) is 0.711. The Hall–Kier alpha value is -1.85. The van der Waals surface area contributed by atoms with E-state index in [2.05, 4.69) is 9.62 Å². The molecule has 164 valence electrons. The quantitative estimate of drug-likeness (QED) is 0.663. The Morgan fingerprint density at radius 1 is 1.13 bits per heavy atom. The molecule has 3 rings (SSSR count). The first-order valence-electron chi connectivity index (χ1n) is 9.14. The number of methoxy groups -OCH3 is 1. The topological polar surface area (TPSA) is 119 Å². The minimum atomic E-state index is -4.17. The van der Waals surface area contributed by atoms with E-state index < -0.39 is 24.9 Å². The lowest BCUT2D eigenvalue weighted by atomic mass is 9.86. The SMILES string of the molecule is COc1ccc(NS(=O)(=O)c2ccc(Cl)c(S(N)(=O)=O)c2)c2c1C[C@@H](N(C)C)CC2. The van der Waals surface area contributed by atoms with Crippen molar-refractivity contribution in [3.8, 4) is 5.75 Å². The number of primary sulfonamides is 1. The van der Waals surface area contributed by atoms with E-state index in [1.165, 1.54) is 12.1 Å². The number of benzene rings is 2. The van der Waals surface area contributed by atoms with E-state index in [1.807, 2.05) is 14.1 Å². The summed E-state index contributed by atoms with van der Waals surface area (Å²) >= 11 is 5.87. The molecule has 0 saturated carbocycles. The Bertz CT molecular complexity index is 1180. The fourth-order valence-electron chi connectivity index (χ4n) is 3.63. The number of nitrogens with zero attached hydrogens (tertiary/aromatic N) is 1. The van der Waals surface area contributed by atoms with Crippen molar-refractivity contribution in [3.05, 3.63) is 46.5 Å². The molecule has 0 aromatic heterocycles. The van der Waals surface area contributed by atoms with Gasteiger partial charge in [0.05, 0.1) is 22.7 Å². The van der Waals surface area contributed by atoms with Gasteiger partial charge in [-0.1, -0.05) is 11.6 Å². The molecule has 2 aromatic carbocycles. The predicted octanol–water partition coefficient (Wildman–Crippen LogP) is 2.22. The second-order valence-electron chi connectivity index (χ2n) is 7.38. The van der Waals surface area contributed by atoms with Crippen molar-refractivity contribution < 1.29 is 21.6 Å². The maximum atomic E-state index is 13.0. The molecule has 30 heavy (non-hydrogen) atoms.